The minimum absolute atomic E-state index is 0.352. The predicted molar refractivity (Wildman–Crippen MR) is 62.8 cm³/mol. The number of ether oxygens (including phenoxy) is 1. The summed E-state index contributed by atoms with van der Waals surface area (Å²) in [5.74, 6) is -1.83. The van der Waals surface area contributed by atoms with Crippen LogP contribution >= 0.6 is 0 Å². The Kier molecular flexibility index (Phi) is 3.95. The molecule has 6 nitrogen and oxygen atoms in total. The molecule has 0 aromatic heterocycles. The number of hydrogen-bond acceptors (Lipinski definition) is 4. The van der Waals surface area contributed by atoms with Gasteiger partial charge in [0, 0.05) is 13.1 Å². The van der Waals surface area contributed by atoms with E-state index in [0.29, 0.717) is 11.4 Å². The molecule has 1 aromatic carbocycles. The molecule has 1 rings (SSSR count). The van der Waals surface area contributed by atoms with E-state index in [1.165, 1.54) is 20.2 Å². The number of hydrogen-bond donors (Lipinski definition) is 1. The summed E-state index contributed by atoms with van der Waals surface area (Å²) in [6.07, 6.45) is 0. The molecule has 0 aliphatic heterocycles. The molecule has 0 amide bonds. The van der Waals surface area contributed by atoms with E-state index in [1.807, 2.05) is 0 Å². The van der Waals surface area contributed by atoms with Crippen molar-refractivity contribution >= 4 is 21.7 Å². The maximum Gasteiger partial charge on any atom is 0.320 e. The smallest absolute Gasteiger partial charge is 0.320 e. The van der Waals surface area contributed by atoms with Crippen LogP contribution in [0.1, 0.15) is 0 Å². The van der Waals surface area contributed by atoms with Crippen molar-refractivity contribution in [1.29, 1.82) is 0 Å². The van der Waals surface area contributed by atoms with Crippen molar-refractivity contribution in [2.75, 3.05) is 24.2 Å². The van der Waals surface area contributed by atoms with E-state index in [4.69, 9.17) is 9.84 Å². The van der Waals surface area contributed by atoms with E-state index in [2.05, 4.69) is 0 Å². The van der Waals surface area contributed by atoms with Gasteiger partial charge >= 0.3 is 5.97 Å². The van der Waals surface area contributed by atoms with Gasteiger partial charge in [0.2, 0.25) is 10.0 Å². The fourth-order valence-corrected chi connectivity index (χ4v) is 2.16. The summed E-state index contributed by atoms with van der Waals surface area (Å²) in [5.41, 5.74) is 0.352. The second-order valence-electron chi connectivity index (χ2n) is 3.32. The van der Waals surface area contributed by atoms with Gasteiger partial charge in [0.05, 0.1) is 12.8 Å². The SMILES string of the molecule is COc1cccc(N(C)S(=O)(=O)CC(=O)O)c1. The Morgan fingerprint density at radius 1 is 1.47 bits per heavy atom. The van der Waals surface area contributed by atoms with Crippen LogP contribution in [0.5, 0.6) is 5.75 Å². The molecule has 1 N–H and O–H groups in total. The number of benzene rings is 1. The van der Waals surface area contributed by atoms with Gasteiger partial charge in [-0.25, -0.2) is 8.42 Å². The van der Waals surface area contributed by atoms with Crippen molar-refractivity contribution in [1.82, 2.24) is 0 Å². The third kappa shape index (κ3) is 3.35. The number of rotatable bonds is 5. The molecule has 0 atom stereocenters. The van der Waals surface area contributed by atoms with Crippen LogP contribution < -0.4 is 9.04 Å². The average molecular weight is 259 g/mol. The third-order valence-corrected chi connectivity index (χ3v) is 3.80. The molecule has 0 radical (unpaired) electrons. The highest BCUT2D eigenvalue weighted by Gasteiger charge is 2.22. The summed E-state index contributed by atoms with van der Waals surface area (Å²) < 4.78 is 29.2. The van der Waals surface area contributed by atoms with E-state index in [1.54, 1.807) is 18.2 Å². The minimum Gasteiger partial charge on any atom is -0.497 e. The Hall–Kier alpha value is -1.76. The Morgan fingerprint density at radius 3 is 2.65 bits per heavy atom. The zero-order valence-electron chi connectivity index (χ0n) is 9.45. The van der Waals surface area contributed by atoms with E-state index >= 15 is 0 Å². The van der Waals surface area contributed by atoms with Crippen LogP contribution in [0.3, 0.4) is 0 Å². The highest BCUT2D eigenvalue weighted by atomic mass is 32.2. The summed E-state index contributed by atoms with van der Waals surface area (Å²) in [6, 6.07) is 6.36. The van der Waals surface area contributed by atoms with Gasteiger partial charge in [-0.1, -0.05) is 6.07 Å². The van der Waals surface area contributed by atoms with Crippen molar-refractivity contribution in [3.8, 4) is 5.75 Å². The zero-order valence-corrected chi connectivity index (χ0v) is 10.3. The largest absolute Gasteiger partial charge is 0.497 e. The second-order valence-corrected chi connectivity index (χ2v) is 5.32. The van der Waals surface area contributed by atoms with Gasteiger partial charge in [0.1, 0.15) is 5.75 Å². The lowest BCUT2D eigenvalue weighted by atomic mass is 10.3. The van der Waals surface area contributed by atoms with Crippen molar-refractivity contribution in [2.24, 2.45) is 0 Å². The van der Waals surface area contributed by atoms with Crippen LogP contribution in [0.4, 0.5) is 5.69 Å². The van der Waals surface area contributed by atoms with Crippen LogP contribution in [0.2, 0.25) is 0 Å². The van der Waals surface area contributed by atoms with Gasteiger partial charge in [0.25, 0.3) is 0 Å². The Bertz CT molecular complexity index is 511. The molecule has 94 valence electrons. The highest BCUT2D eigenvalue weighted by molar-refractivity contribution is 7.93. The molecule has 7 heteroatoms. The summed E-state index contributed by atoms with van der Waals surface area (Å²) in [4.78, 5) is 10.4. The standard InChI is InChI=1S/C10H13NO5S/c1-11(17(14,15)7-10(12)13)8-4-3-5-9(6-8)16-2/h3-6H,7H2,1-2H3,(H,12,13). The Balaban J connectivity index is 3.03. The predicted octanol–water partition coefficient (Wildman–Crippen LogP) is 0.546. The number of carbonyl (C=O) groups is 1. The van der Waals surface area contributed by atoms with Gasteiger partial charge in [-0.05, 0) is 12.1 Å². The summed E-state index contributed by atoms with van der Waals surface area (Å²) >= 11 is 0. The molecule has 0 saturated heterocycles. The number of anilines is 1. The molecular weight excluding hydrogens is 246 g/mol. The van der Waals surface area contributed by atoms with Gasteiger partial charge in [0.15, 0.2) is 5.75 Å². The fraction of sp³-hybridized carbons (Fsp3) is 0.300. The number of methoxy groups -OCH3 is 1. The molecular formula is C10H13NO5S. The lowest BCUT2D eigenvalue weighted by Crippen LogP contribution is -2.32. The van der Waals surface area contributed by atoms with Crippen LogP contribution in [0, 0.1) is 0 Å². The molecule has 1 aromatic rings. The lowest BCUT2D eigenvalue weighted by Gasteiger charge is -2.18. The van der Waals surface area contributed by atoms with Crippen molar-refractivity contribution in [3.05, 3.63) is 24.3 Å². The second kappa shape index (κ2) is 5.05. The first-order valence-electron chi connectivity index (χ1n) is 4.69. The Morgan fingerprint density at radius 2 is 2.12 bits per heavy atom. The van der Waals surface area contributed by atoms with Crippen LogP contribution in [0.25, 0.3) is 0 Å². The number of nitrogens with zero attached hydrogens (tertiary/aromatic N) is 1. The molecule has 0 aliphatic carbocycles. The maximum absolute atomic E-state index is 11.6. The number of aliphatic carboxylic acids is 1. The molecule has 0 bridgehead atoms. The first-order valence-corrected chi connectivity index (χ1v) is 6.30. The third-order valence-electron chi connectivity index (χ3n) is 2.14. The summed E-state index contributed by atoms with van der Waals surface area (Å²) in [7, 11) is -1.10. The molecule has 0 unspecified atom stereocenters. The Labute approximate surface area is 99.5 Å². The monoisotopic (exact) mass is 259 g/mol. The number of carboxylic acids is 1. The van der Waals surface area contributed by atoms with Gasteiger partial charge in [-0.15, -0.1) is 0 Å². The van der Waals surface area contributed by atoms with Gasteiger partial charge < -0.3 is 9.84 Å². The normalized spacial score (nSPS) is 10.9. The van der Waals surface area contributed by atoms with E-state index in [9.17, 15) is 13.2 Å². The lowest BCUT2D eigenvalue weighted by molar-refractivity contribution is -0.134. The maximum atomic E-state index is 11.6. The number of sulfonamides is 1. The first kappa shape index (κ1) is 13.3. The highest BCUT2D eigenvalue weighted by Crippen LogP contribution is 2.22. The quantitative estimate of drug-likeness (QED) is 0.834. The molecule has 0 saturated carbocycles. The van der Waals surface area contributed by atoms with E-state index < -0.39 is 21.7 Å². The molecule has 17 heavy (non-hydrogen) atoms. The summed E-state index contributed by atoms with van der Waals surface area (Å²) in [6.45, 7) is 0. The van der Waals surface area contributed by atoms with Crippen LogP contribution in [0.15, 0.2) is 24.3 Å². The molecule has 0 fully saturated rings. The number of carboxylic acid groups (broad SMARTS) is 1. The minimum atomic E-state index is -3.86. The van der Waals surface area contributed by atoms with Crippen molar-refractivity contribution in [2.45, 2.75) is 0 Å². The fourth-order valence-electron chi connectivity index (χ4n) is 1.22. The molecule has 0 spiro atoms. The van der Waals surface area contributed by atoms with E-state index in [0.717, 1.165) is 4.31 Å². The topological polar surface area (TPSA) is 83.9 Å². The van der Waals surface area contributed by atoms with Crippen LogP contribution in [-0.2, 0) is 14.8 Å². The van der Waals surface area contributed by atoms with Gasteiger partial charge in [-0.2, -0.15) is 0 Å². The molecule has 0 aliphatic rings. The average Bonchev–Trinajstić information content (AvgIpc) is 2.26. The van der Waals surface area contributed by atoms with Gasteiger partial charge in [-0.3, -0.25) is 9.10 Å². The van der Waals surface area contributed by atoms with E-state index in [-0.39, 0.29) is 0 Å². The molecule has 0 heterocycles. The first-order chi connectivity index (χ1) is 7.86. The summed E-state index contributed by atoms with van der Waals surface area (Å²) in [5, 5.41) is 8.52. The zero-order chi connectivity index (χ0) is 13.1. The van der Waals surface area contributed by atoms with Crippen molar-refractivity contribution < 1.29 is 23.1 Å². The van der Waals surface area contributed by atoms with Crippen molar-refractivity contribution in [3.63, 3.8) is 0 Å². The van der Waals surface area contributed by atoms with Crippen LogP contribution in [-0.4, -0.2) is 39.4 Å².